The fourth-order valence-corrected chi connectivity index (χ4v) is 2.03. The number of aromatic amines is 1. The predicted molar refractivity (Wildman–Crippen MR) is 82.8 cm³/mol. The van der Waals surface area contributed by atoms with Crippen molar-refractivity contribution in [1.29, 1.82) is 0 Å². The number of rotatable bonds is 2. The lowest BCUT2D eigenvalue weighted by molar-refractivity contribution is 1.13. The minimum atomic E-state index is -0.172. The van der Waals surface area contributed by atoms with Crippen LogP contribution in [0.5, 0.6) is 0 Å². The summed E-state index contributed by atoms with van der Waals surface area (Å²) in [4.78, 5) is 14.6. The van der Waals surface area contributed by atoms with E-state index in [1.165, 1.54) is 0 Å². The molecule has 0 aliphatic heterocycles. The zero-order valence-electron chi connectivity index (χ0n) is 10.8. The van der Waals surface area contributed by atoms with Crippen molar-refractivity contribution in [3.8, 4) is 0 Å². The molecule has 19 heavy (non-hydrogen) atoms. The third-order valence-electron chi connectivity index (χ3n) is 2.64. The molecule has 4 nitrogen and oxygen atoms in total. The van der Waals surface area contributed by atoms with Gasteiger partial charge in [-0.25, -0.2) is 0 Å². The van der Waals surface area contributed by atoms with Gasteiger partial charge in [0.05, 0.1) is 0 Å². The van der Waals surface area contributed by atoms with E-state index in [-0.39, 0.29) is 5.56 Å². The molecule has 1 aromatic carbocycles. The number of hydrogen-bond acceptors (Lipinski definition) is 2. The van der Waals surface area contributed by atoms with Gasteiger partial charge in [0.2, 0.25) is 0 Å². The van der Waals surface area contributed by atoms with E-state index in [1.54, 1.807) is 0 Å². The molecule has 98 valence electrons. The molecule has 0 unspecified atom stereocenters. The summed E-state index contributed by atoms with van der Waals surface area (Å²) in [6, 6.07) is 11.5. The first-order valence-corrected chi connectivity index (χ1v) is 6.30. The monoisotopic (exact) mass is 273 g/mol. The van der Waals surface area contributed by atoms with Crippen molar-refractivity contribution >= 4 is 28.7 Å². The van der Waals surface area contributed by atoms with Crippen LogP contribution < -0.4 is 16.2 Å². The number of thiocarbonyl (C=S) groups is 1. The number of nitrogens with one attached hydrogen (secondary N) is 3. The molecule has 0 aliphatic carbocycles. The van der Waals surface area contributed by atoms with Gasteiger partial charge in [-0.3, -0.25) is 4.79 Å². The average Bonchev–Trinajstić information content (AvgIpc) is 2.35. The summed E-state index contributed by atoms with van der Waals surface area (Å²) in [6.07, 6.45) is 0. The van der Waals surface area contributed by atoms with Crippen LogP contribution in [-0.4, -0.2) is 10.1 Å². The molecule has 0 radical (unpaired) electrons. The summed E-state index contributed by atoms with van der Waals surface area (Å²) in [7, 11) is 0. The number of pyridine rings is 1. The van der Waals surface area contributed by atoms with Gasteiger partial charge in [-0.2, -0.15) is 0 Å². The van der Waals surface area contributed by atoms with Gasteiger partial charge in [0.15, 0.2) is 5.11 Å². The van der Waals surface area contributed by atoms with Crippen molar-refractivity contribution in [3.63, 3.8) is 0 Å². The molecule has 0 fully saturated rings. The van der Waals surface area contributed by atoms with Crippen molar-refractivity contribution in [2.24, 2.45) is 0 Å². The van der Waals surface area contributed by atoms with Crippen LogP contribution in [0.15, 0.2) is 41.2 Å². The van der Waals surface area contributed by atoms with E-state index in [0.29, 0.717) is 10.8 Å². The second kappa shape index (κ2) is 5.67. The largest absolute Gasteiger partial charge is 0.332 e. The number of para-hydroxylation sites is 1. The molecule has 2 rings (SSSR count). The Labute approximate surface area is 116 Å². The third-order valence-corrected chi connectivity index (χ3v) is 2.84. The quantitative estimate of drug-likeness (QED) is 0.736. The number of H-pyrrole nitrogens is 1. The number of aryl methyl sites for hydroxylation is 2. The van der Waals surface area contributed by atoms with E-state index >= 15 is 0 Å². The van der Waals surface area contributed by atoms with Gasteiger partial charge in [-0.05, 0) is 49.8 Å². The lowest BCUT2D eigenvalue weighted by Crippen LogP contribution is -2.25. The molecule has 0 aliphatic rings. The summed E-state index contributed by atoms with van der Waals surface area (Å²) in [5.41, 5.74) is 2.86. The van der Waals surface area contributed by atoms with Gasteiger partial charge >= 0.3 is 0 Å². The summed E-state index contributed by atoms with van der Waals surface area (Å²) in [5.74, 6) is 0. The van der Waals surface area contributed by atoms with Gasteiger partial charge < -0.3 is 15.6 Å². The molecular weight excluding hydrogens is 258 g/mol. The minimum absolute atomic E-state index is 0.172. The second-order valence-corrected chi connectivity index (χ2v) is 4.69. The molecule has 0 amide bonds. The molecule has 3 N–H and O–H groups in total. The topological polar surface area (TPSA) is 56.9 Å². The zero-order valence-corrected chi connectivity index (χ0v) is 11.6. The van der Waals surface area contributed by atoms with Crippen LogP contribution in [0.4, 0.5) is 11.4 Å². The summed E-state index contributed by atoms with van der Waals surface area (Å²) in [5, 5.41) is 6.35. The SMILES string of the molecule is Cc1cc(C)c(NC(=S)Nc2ccccc2)c(=O)[nH]1. The Morgan fingerprint density at radius 1 is 1.16 bits per heavy atom. The van der Waals surface area contributed by atoms with Crippen LogP contribution in [0.1, 0.15) is 11.3 Å². The van der Waals surface area contributed by atoms with Crippen LogP contribution in [0.2, 0.25) is 0 Å². The van der Waals surface area contributed by atoms with E-state index < -0.39 is 0 Å². The summed E-state index contributed by atoms with van der Waals surface area (Å²) >= 11 is 5.20. The van der Waals surface area contributed by atoms with E-state index in [0.717, 1.165) is 16.9 Å². The Morgan fingerprint density at radius 2 is 1.84 bits per heavy atom. The smallest absolute Gasteiger partial charge is 0.272 e. The molecule has 1 aromatic heterocycles. The van der Waals surface area contributed by atoms with E-state index in [1.807, 2.05) is 50.2 Å². The van der Waals surface area contributed by atoms with Crippen LogP contribution in [0.3, 0.4) is 0 Å². The van der Waals surface area contributed by atoms with Crippen molar-refractivity contribution in [2.45, 2.75) is 13.8 Å². The van der Waals surface area contributed by atoms with Crippen molar-refractivity contribution in [1.82, 2.24) is 4.98 Å². The van der Waals surface area contributed by atoms with Gasteiger partial charge in [-0.1, -0.05) is 18.2 Å². The Bertz CT molecular complexity index is 649. The Hall–Kier alpha value is -2.14. The summed E-state index contributed by atoms with van der Waals surface area (Å²) in [6.45, 7) is 3.72. The molecule has 0 spiro atoms. The number of anilines is 2. The van der Waals surface area contributed by atoms with Crippen molar-refractivity contribution in [3.05, 3.63) is 58.0 Å². The number of hydrogen-bond donors (Lipinski definition) is 3. The maximum absolute atomic E-state index is 11.8. The van der Waals surface area contributed by atoms with E-state index in [2.05, 4.69) is 15.6 Å². The van der Waals surface area contributed by atoms with E-state index in [4.69, 9.17) is 12.2 Å². The van der Waals surface area contributed by atoms with Crippen molar-refractivity contribution < 1.29 is 0 Å². The average molecular weight is 273 g/mol. The number of benzene rings is 1. The lowest BCUT2D eigenvalue weighted by atomic mass is 10.2. The molecule has 0 saturated heterocycles. The molecule has 0 saturated carbocycles. The molecule has 1 heterocycles. The zero-order chi connectivity index (χ0) is 13.8. The Kier molecular flexibility index (Phi) is 3.97. The van der Waals surface area contributed by atoms with Crippen molar-refractivity contribution in [2.75, 3.05) is 10.6 Å². The molecule has 0 atom stereocenters. The van der Waals surface area contributed by atoms with Gasteiger partial charge in [0.1, 0.15) is 5.69 Å². The first-order chi connectivity index (χ1) is 9.06. The first-order valence-electron chi connectivity index (χ1n) is 5.90. The fraction of sp³-hybridized carbons (Fsp3) is 0.143. The van der Waals surface area contributed by atoms with E-state index in [9.17, 15) is 4.79 Å². The highest BCUT2D eigenvalue weighted by molar-refractivity contribution is 7.80. The highest BCUT2D eigenvalue weighted by Gasteiger charge is 2.06. The highest BCUT2D eigenvalue weighted by atomic mass is 32.1. The third kappa shape index (κ3) is 3.42. The predicted octanol–water partition coefficient (Wildman–Crippen LogP) is 2.80. The molecule has 0 bridgehead atoms. The number of aromatic nitrogens is 1. The molecular formula is C14H15N3OS. The van der Waals surface area contributed by atoms with Crippen LogP contribution >= 0.6 is 12.2 Å². The summed E-state index contributed by atoms with van der Waals surface area (Å²) < 4.78 is 0. The minimum Gasteiger partial charge on any atom is -0.332 e. The maximum Gasteiger partial charge on any atom is 0.272 e. The van der Waals surface area contributed by atoms with Crippen LogP contribution in [0, 0.1) is 13.8 Å². The standard InChI is InChI=1S/C14H15N3OS/c1-9-8-10(2)15-13(18)12(9)17-14(19)16-11-6-4-3-5-7-11/h3-8H,1-2H3,(H,15,18)(H2,16,17,19). The molecule has 2 aromatic rings. The van der Waals surface area contributed by atoms with Gasteiger partial charge in [-0.15, -0.1) is 0 Å². The molecule has 5 heteroatoms. The maximum atomic E-state index is 11.8. The van der Waals surface area contributed by atoms with Crippen LogP contribution in [-0.2, 0) is 0 Å². The normalized spacial score (nSPS) is 10.0. The van der Waals surface area contributed by atoms with Gasteiger partial charge in [0, 0.05) is 11.4 Å². The van der Waals surface area contributed by atoms with Crippen LogP contribution in [0.25, 0.3) is 0 Å². The van der Waals surface area contributed by atoms with Gasteiger partial charge in [0.25, 0.3) is 5.56 Å². The highest BCUT2D eigenvalue weighted by Crippen LogP contribution is 2.10. The fourth-order valence-electron chi connectivity index (χ4n) is 1.81. The second-order valence-electron chi connectivity index (χ2n) is 4.28. The Morgan fingerprint density at radius 3 is 2.47 bits per heavy atom. The Balaban J connectivity index is 2.14. The first kappa shape index (κ1) is 13.3. The lowest BCUT2D eigenvalue weighted by Gasteiger charge is -2.12.